The molecule has 0 aromatic rings. The van der Waals surface area contributed by atoms with Gasteiger partial charge in [-0.05, 0) is 0 Å². The first-order chi connectivity index (χ1) is 1.73. The Hall–Kier alpha value is -0.423. The number of quaternary nitrogens is 1. The molecule has 0 aliphatic carbocycles. The molecular formula is H4NO3Si-. The lowest BCUT2D eigenvalue weighted by atomic mass is 14.0. The molecule has 0 saturated carbocycles. The third-order valence-corrected chi connectivity index (χ3v) is 0. The summed E-state index contributed by atoms with van der Waals surface area (Å²) in [6, 6.07) is 0. The van der Waals surface area contributed by atoms with Crippen LogP contribution in [0, 0.1) is 0 Å². The summed E-state index contributed by atoms with van der Waals surface area (Å²) in [7, 11) is -3.63. The highest BCUT2D eigenvalue weighted by atomic mass is 28.3. The first-order valence-electron chi connectivity index (χ1n) is 0.612. The van der Waals surface area contributed by atoms with Gasteiger partial charge in [-0.1, -0.05) is 0 Å². The minimum atomic E-state index is -3.63. The lowest BCUT2D eigenvalue weighted by Gasteiger charge is -1.94. The van der Waals surface area contributed by atoms with Crippen LogP contribution in [0.4, 0.5) is 0 Å². The van der Waals surface area contributed by atoms with E-state index in [9.17, 15) is 0 Å². The summed E-state index contributed by atoms with van der Waals surface area (Å²) in [6.45, 7) is 0. The van der Waals surface area contributed by atoms with Crippen LogP contribution in [0.2, 0.25) is 0 Å². The van der Waals surface area contributed by atoms with Gasteiger partial charge < -0.3 is 20.2 Å². The molecule has 0 aliphatic heterocycles. The Morgan fingerprint density at radius 2 is 1.40 bits per heavy atom. The molecule has 0 bridgehead atoms. The summed E-state index contributed by atoms with van der Waals surface area (Å²) >= 11 is 0. The SMILES string of the molecule is O=[Si]([O-])[O-].[NH4+]. The fourth-order valence-electron chi connectivity index (χ4n) is 0. The molecule has 4 N–H and O–H groups in total. The average molecular weight is 94.1 g/mol. The van der Waals surface area contributed by atoms with Crippen LogP contribution in [0.3, 0.4) is 0 Å². The molecule has 5 heavy (non-hydrogen) atoms. The topological polar surface area (TPSA) is 99.7 Å². The predicted molar refractivity (Wildman–Crippen MR) is 12.4 cm³/mol. The van der Waals surface area contributed by atoms with Gasteiger partial charge in [-0.2, -0.15) is 0 Å². The number of hydrogen-bond donors (Lipinski definition) is 1. The average Bonchev–Trinajstić information content (AvgIpc) is 0.811. The Balaban J connectivity index is 0. The minimum Gasteiger partial charge on any atom is -0.672 e. The van der Waals surface area contributed by atoms with Gasteiger partial charge in [-0.15, -0.1) is 0 Å². The molecule has 0 aromatic heterocycles. The molecule has 5 heteroatoms. The largest absolute Gasteiger partial charge is 0.672 e. The lowest BCUT2D eigenvalue weighted by molar-refractivity contribution is -0.354. The van der Waals surface area contributed by atoms with Gasteiger partial charge in [0.15, 0.2) is 0 Å². The summed E-state index contributed by atoms with van der Waals surface area (Å²) < 4.78 is 8.52. The molecule has 0 aliphatic rings. The van der Waals surface area contributed by atoms with Gasteiger partial charge in [0, 0.05) is 9.17 Å². The van der Waals surface area contributed by atoms with Crippen LogP contribution in [-0.4, -0.2) is 9.17 Å². The van der Waals surface area contributed by atoms with E-state index in [1.54, 1.807) is 0 Å². The summed E-state index contributed by atoms with van der Waals surface area (Å²) in [4.78, 5) is 17.0. The van der Waals surface area contributed by atoms with Crippen molar-refractivity contribution in [2.24, 2.45) is 0 Å². The van der Waals surface area contributed by atoms with E-state index in [-0.39, 0.29) is 6.15 Å². The zero-order valence-corrected chi connectivity index (χ0v) is 3.72. The highest BCUT2D eigenvalue weighted by Crippen LogP contribution is 0.990. The van der Waals surface area contributed by atoms with Gasteiger partial charge in [0.1, 0.15) is 0 Å². The second-order valence-corrected chi connectivity index (χ2v) is 0.750. The fourth-order valence-corrected chi connectivity index (χ4v) is 0. The standard InChI is InChI=1S/H3N.O3Si/c;1-4(2)3/h1H3;/q;-2/p+1. The highest BCUT2D eigenvalue weighted by Gasteiger charge is 1.29. The van der Waals surface area contributed by atoms with Gasteiger partial charge in [0.25, 0.3) is 0 Å². The molecule has 0 fully saturated rings. The zero-order chi connectivity index (χ0) is 3.58. The minimum absolute atomic E-state index is 0. The molecule has 0 rings (SSSR count). The second-order valence-electron chi connectivity index (χ2n) is 0.250. The van der Waals surface area contributed by atoms with Crippen LogP contribution in [0.15, 0.2) is 0 Å². The molecule has 0 saturated heterocycles. The maximum Gasteiger partial charge on any atom is 0.0172 e. The van der Waals surface area contributed by atoms with Crippen molar-refractivity contribution in [2.75, 3.05) is 0 Å². The number of rotatable bonds is 0. The predicted octanol–water partition coefficient (Wildman–Crippen LogP) is -2.50. The van der Waals surface area contributed by atoms with Crippen molar-refractivity contribution in [1.29, 1.82) is 0 Å². The van der Waals surface area contributed by atoms with E-state index in [0.29, 0.717) is 0 Å². The normalized spacial score (nSPS) is 4.80. The van der Waals surface area contributed by atoms with E-state index in [1.807, 2.05) is 0 Å². The molecule has 0 unspecified atom stereocenters. The van der Waals surface area contributed by atoms with Gasteiger partial charge >= 0.3 is 0 Å². The summed E-state index contributed by atoms with van der Waals surface area (Å²) in [5, 5.41) is 0. The van der Waals surface area contributed by atoms with E-state index >= 15 is 0 Å². The fraction of sp³-hybridized carbons (Fsp3) is 0. The molecule has 0 atom stereocenters. The molecule has 0 amide bonds. The Bertz CT molecular complexity index is 29.9. The van der Waals surface area contributed by atoms with Crippen molar-refractivity contribution >= 4 is 9.17 Å². The molecule has 4 nitrogen and oxygen atoms in total. The molecule has 0 heterocycles. The molecule has 0 spiro atoms. The first kappa shape index (κ1) is 8.82. The van der Waals surface area contributed by atoms with Crippen molar-refractivity contribution < 1.29 is 14.1 Å². The lowest BCUT2D eigenvalue weighted by Crippen LogP contribution is -2.34. The summed E-state index contributed by atoms with van der Waals surface area (Å²) in [5.74, 6) is 0. The van der Waals surface area contributed by atoms with Crippen LogP contribution in [0.1, 0.15) is 0 Å². The highest BCUT2D eigenvalue weighted by molar-refractivity contribution is 6.17. The first-order valence-corrected chi connectivity index (χ1v) is 1.84. The molecular weight excluding hydrogens is 90.1 g/mol. The van der Waals surface area contributed by atoms with Crippen molar-refractivity contribution in [1.82, 2.24) is 6.15 Å². The summed E-state index contributed by atoms with van der Waals surface area (Å²) in [6.07, 6.45) is 0. The van der Waals surface area contributed by atoms with Crippen molar-refractivity contribution in [3.8, 4) is 0 Å². The Morgan fingerprint density at radius 1 is 1.40 bits per heavy atom. The maximum atomic E-state index is 8.52. The van der Waals surface area contributed by atoms with Crippen molar-refractivity contribution in [3.05, 3.63) is 0 Å². The zero-order valence-electron chi connectivity index (χ0n) is 2.72. The second kappa shape index (κ2) is 3.58. The quantitative estimate of drug-likeness (QED) is 0.336. The van der Waals surface area contributed by atoms with E-state index < -0.39 is 9.17 Å². The van der Waals surface area contributed by atoms with Crippen LogP contribution >= 0.6 is 0 Å². The Morgan fingerprint density at radius 3 is 1.40 bits per heavy atom. The van der Waals surface area contributed by atoms with Crippen LogP contribution in [0.25, 0.3) is 0 Å². The molecule has 0 radical (unpaired) electrons. The van der Waals surface area contributed by atoms with Crippen LogP contribution < -0.4 is 15.7 Å². The van der Waals surface area contributed by atoms with Gasteiger partial charge in [0.05, 0.1) is 0 Å². The Kier molecular flexibility index (Phi) is 6.31. The Labute approximate surface area is 30.5 Å². The van der Waals surface area contributed by atoms with E-state index in [1.165, 1.54) is 0 Å². The van der Waals surface area contributed by atoms with Gasteiger partial charge in [-0.25, -0.2) is 0 Å². The summed E-state index contributed by atoms with van der Waals surface area (Å²) in [5.41, 5.74) is 0. The van der Waals surface area contributed by atoms with E-state index in [0.717, 1.165) is 0 Å². The number of hydrogen-bond acceptors (Lipinski definition) is 3. The van der Waals surface area contributed by atoms with Crippen molar-refractivity contribution in [3.63, 3.8) is 0 Å². The maximum absolute atomic E-state index is 8.52. The van der Waals surface area contributed by atoms with Gasteiger partial charge in [-0.3, -0.25) is 0 Å². The monoisotopic (exact) mass is 94.0 g/mol. The molecule has 32 valence electrons. The molecule has 0 aromatic carbocycles. The van der Waals surface area contributed by atoms with Crippen LogP contribution in [-0.2, 0) is 4.46 Å². The smallest absolute Gasteiger partial charge is 0.0172 e. The van der Waals surface area contributed by atoms with Gasteiger partial charge in [0.2, 0.25) is 0 Å². The van der Waals surface area contributed by atoms with Crippen LogP contribution in [0.5, 0.6) is 0 Å². The third-order valence-electron chi connectivity index (χ3n) is 0. The van der Waals surface area contributed by atoms with E-state index in [2.05, 4.69) is 0 Å². The van der Waals surface area contributed by atoms with Crippen molar-refractivity contribution in [2.45, 2.75) is 0 Å². The third kappa shape index (κ3) is 49.7. The van der Waals surface area contributed by atoms with E-state index in [4.69, 9.17) is 14.1 Å².